The average Bonchev–Trinajstić information content (AvgIpc) is 3.31. The number of rotatable bonds is 10. The van der Waals surface area contributed by atoms with Crippen LogP contribution in [0.4, 0.5) is 4.79 Å². The zero-order chi connectivity index (χ0) is 23.1. The lowest BCUT2D eigenvalue weighted by Gasteiger charge is -2.41. The van der Waals surface area contributed by atoms with Gasteiger partial charge in [-0.15, -0.1) is 0 Å². The number of halogens is 1. The minimum Gasteiger partial charge on any atom is -0.470 e. The molecule has 8 heteroatoms. The molecule has 1 aromatic heterocycles. The van der Waals surface area contributed by atoms with Crippen LogP contribution in [-0.4, -0.2) is 34.9 Å². The van der Waals surface area contributed by atoms with E-state index < -0.39 is 23.3 Å². The number of nitrogens with two attached hydrogens (primary N) is 1. The summed E-state index contributed by atoms with van der Waals surface area (Å²) in [5, 5.41) is 0. The third-order valence-electron chi connectivity index (χ3n) is 5.49. The Labute approximate surface area is 193 Å². The number of hydrogen-bond donors (Lipinski definition) is 1. The zero-order valence-corrected chi connectivity index (χ0v) is 19.1. The van der Waals surface area contributed by atoms with Crippen LogP contribution in [0, 0.1) is 11.3 Å². The van der Waals surface area contributed by atoms with Crippen LogP contribution in [0.15, 0.2) is 73.3 Å². The van der Waals surface area contributed by atoms with Crippen LogP contribution in [0.3, 0.4) is 0 Å². The van der Waals surface area contributed by atoms with Crippen molar-refractivity contribution in [3.63, 3.8) is 0 Å². The number of primary amides is 1. The highest BCUT2D eigenvalue weighted by Crippen LogP contribution is 2.42. The lowest BCUT2D eigenvalue weighted by Crippen LogP contribution is -2.45. The Morgan fingerprint density at radius 1 is 1.12 bits per heavy atom. The molecule has 1 heterocycles. The van der Waals surface area contributed by atoms with Gasteiger partial charge < -0.3 is 24.5 Å². The standard InChI is InChI=1S/C24H28ClN3O4/c1-24(2,22(25)32-23(26)29)20(15-30-3)21(28-14-13-27-16-28)31-19-11-9-18(10-12-19)17-7-5-4-6-8-17/h4-14,16,20-22H,15H2,1-3H3,(H2,26,29). The molecule has 0 saturated heterocycles. The maximum atomic E-state index is 11.3. The van der Waals surface area contributed by atoms with Crippen LogP contribution in [0.25, 0.3) is 11.1 Å². The summed E-state index contributed by atoms with van der Waals surface area (Å²) in [4.78, 5) is 15.5. The number of ether oxygens (including phenoxy) is 3. The Morgan fingerprint density at radius 3 is 2.34 bits per heavy atom. The molecule has 3 aromatic rings. The summed E-state index contributed by atoms with van der Waals surface area (Å²) in [6.45, 7) is 4.05. The second-order valence-electron chi connectivity index (χ2n) is 8.04. The average molecular weight is 458 g/mol. The van der Waals surface area contributed by atoms with Gasteiger partial charge in [-0.25, -0.2) is 9.78 Å². The summed E-state index contributed by atoms with van der Waals surface area (Å²) < 4.78 is 18.8. The SMILES string of the molecule is COCC(C(Oc1ccc(-c2ccccc2)cc1)n1ccnc1)C(C)(C)C(Cl)OC(N)=O. The maximum absolute atomic E-state index is 11.3. The highest BCUT2D eigenvalue weighted by Gasteiger charge is 2.44. The second kappa shape index (κ2) is 10.5. The van der Waals surface area contributed by atoms with Crippen LogP contribution in [0.5, 0.6) is 5.75 Å². The largest absolute Gasteiger partial charge is 0.470 e. The molecule has 0 fully saturated rings. The quantitative estimate of drug-likeness (QED) is 0.429. The van der Waals surface area contributed by atoms with E-state index in [0.717, 1.165) is 11.1 Å². The Hall–Kier alpha value is -3.03. The molecule has 3 atom stereocenters. The Morgan fingerprint density at radius 2 is 1.78 bits per heavy atom. The van der Waals surface area contributed by atoms with E-state index in [1.807, 2.05) is 60.9 Å². The normalized spacial score (nSPS) is 14.4. The van der Waals surface area contributed by atoms with Gasteiger partial charge in [0.2, 0.25) is 0 Å². The molecule has 170 valence electrons. The summed E-state index contributed by atoms with van der Waals surface area (Å²) in [7, 11) is 1.60. The highest BCUT2D eigenvalue weighted by molar-refractivity contribution is 6.20. The van der Waals surface area contributed by atoms with E-state index >= 15 is 0 Å². The van der Waals surface area contributed by atoms with Crippen LogP contribution < -0.4 is 10.5 Å². The number of nitrogens with zero attached hydrogens (tertiary/aromatic N) is 2. The van der Waals surface area contributed by atoms with Crippen molar-refractivity contribution < 1.29 is 19.0 Å². The van der Waals surface area contributed by atoms with Crippen LogP contribution in [0.1, 0.15) is 20.1 Å². The number of alkyl halides is 1. The number of imidazole rings is 1. The molecule has 3 unspecified atom stereocenters. The Bertz CT molecular complexity index is 978. The Balaban J connectivity index is 1.91. The molecule has 0 bridgehead atoms. The molecule has 2 aromatic carbocycles. The van der Waals surface area contributed by atoms with Gasteiger partial charge in [-0.05, 0) is 23.3 Å². The number of aromatic nitrogens is 2. The first-order valence-corrected chi connectivity index (χ1v) is 10.6. The maximum Gasteiger partial charge on any atom is 0.406 e. The molecular formula is C24H28ClN3O4. The van der Waals surface area contributed by atoms with Gasteiger partial charge in [-0.3, -0.25) is 0 Å². The summed E-state index contributed by atoms with van der Waals surface area (Å²) in [5.41, 5.74) is 5.66. The molecule has 0 spiro atoms. The number of carbonyl (C=O) groups is 1. The Kier molecular flexibility index (Phi) is 7.77. The molecule has 0 saturated carbocycles. The predicted molar refractivity (Wildman–Crippen MR) is 123 cm³/mol. The van der Waals surface area contributed by atoms with Crippen LogP contribution in [-0.2, 0) is 9.47 Å². The van der Waals surface area contributed by atoms with Gasteiger partial charge >= 0.3 is 6.09 Å². The first-order chi connectivity index (χ1) is 15.3. The van der Waals surface area contributed by atoms with Crippen molar-refractivity contribution in [3.8, 4) is 16.9 Å². The third kappa shape index (κ3) is 5.60. The van der Waals surface area contributed by atoms with Gasteiger partial charge in [-0.1, -0.05) is 67.9 Å². The van der Waals surface area contributed by atoms with Crippen molar-refractivity contribution in [2.75, 3.05) is 13.7 Å². The fourth-order valence-electron chi connectivity index (χ4n) is 3.53. The fourth-order valence-corrected chi connectivity index (χ4v) is 3.78. The molecule has 0 aliphatic carbocycles. The smallest absolute Gasteiger partial charge is 0.406 e. The van der Waals surface area contributed by atoms with E-state index in [2.05, 4.69) is 17.1 Å². The van der Waals surface area contributed by atoms with E-state index in [0.29, 0.717) is 12.4 Å². The van der Waals surface area contributed by atoms with Crippen LogP contribution >= 0.6 is 11.6 Å². The van der Waals surface area contributed by atoms with E-state index in [1.165, 1.54) is 0 Å². The van der Waals surface area contributed by atoms with Gasteiger partial charge in [0, 0.05) is 30.8 Å². The fraction of sp³-hybridized carbons (Fsp3) is 0.333. The lowest BCUT2D eigenvalue weighted by atomic mass is 9.78. The minimum atomic E-state index is -0.991. The van der Waals surface area contributed by atoms with E-state index in [9.17, 15) is 4.79 Å². The second-order valence-corrected chi connectivity index (χ2v) is 8.44. The molecule has 1 amide bonds. The number of amides is 1. The molecule has 0 radical (unpaired) electrons. The van der Waals surface area contributed by atoms with Crippen molar-refractivity contribution in [3.05, 3.63) is 73.3 Å². The summed E-state index contributed by atoms with van der Waals surface area (Å²) in [5.74, 6) is 0.347. The van der Waals surface area contributed by atoms with Crippen molar-refractivity contribution in [1.29, 1.82) is 0 Å². The molecule has 2 N–H and O–H groups in total. The lowest BCUT2D eigenvalue weighted by molar-refractivity contribution is -0.0699. The van der Waals surface area contributed by atoms with Gasteiger partial charge in [0.15, 0.2) is 11.8 Å². The van der Waals surface area contributed by atoms with Crippen molar-refractivity contribution >= 4 is 17.7 Å². The minimum absolute atomic E-state index is 0.295. The number of hydrogen-bond acceptors (Lipinski definition) is 5. The zero-order valence-electron chi connectivity index (χ0n) is 18.4. The highest BCUT2D eigenvalue weighted by atomic mass is 35.5. The monoisotopic (exact) mass is 457 g/mol. The first kappa shape index (κ1) is 23.6. The molecule has 32 heavy (non-hydrogen) atoms. The van der Waals surface area contributed by atoms with E-state index in [4.69, 9.17) is 31.5 Å². The topological polar surface area (TPSA) is 88.6 Å². The molecular weight excluding hydrogens is 430 g/mol. The number of carbonyl (C=O) groups excluding carboxylic acids is 1. The van der Waals surface area contributed by atoms with Crippen molar-refractivity contribution in [1.82, 2.24) is 9.55 Å². The van der Waals surface area contributed by atoms with Crippen molar-refractivity contribution in [2.45, 2.75) is 25.6 Å². The summed E-state index contributed by atoms with van der Waals surface area (Å²) in [6.07, 6.45) is 3.67. The van der Waals surface area contributed by atoms with Gasteiger partial charge in [0.1, 0.15) is 5.75 Å². The molecule has 0 aliphatic heterocycles. The first-order valence-electron chi connectivity index (χ1n) is 10.2. The molecule has 7 nitrogen and oxygen atoms in total. The van der Waals surface area contributed by atoms with Gasteiger partial charge in [-0.2, -0.15) is 0 Å². The molecule has 3 rings (SSSR count). The summed E-state index contributed by atoms with van der Waals surface area (Å²) in [6, 6.07) is 18.0. The van der Waals surface area contributed by atoms with Gasteiger partial charge in [0.05, 0.1) is 12.9 Å². The third-order valence-corrected chi connectivity index (χ3v) is 6.14. The van der Waals surface area contributed by atoms with E-state index in [1.54, 1.807) is 25.8 Å². The van der Waals surface area contributed by atoms with Crippen LogP contribution in [0.2, 0.25) is 0 Å². The molecule has 0 aliphatic rings. The van der Waals surface area contributed by atoms with Crippen molar-refractivity contribution in [2.24, 2.45) is 17.1 Å². The number of methoxy groups -OCH3 is 1. The van der Waals surface area contributed by atoms with Gasteiger partial charge in [0.25, 0.3) is 0 Å². The number of benzene rings is 2. The summed E-state index contributed by atoms with van der Waals surface area (Å²) >= 11 is 6.44. The van der Waals surface area contributed by atoms with E-state index in [-0.39, 0.29) is 5.92 Å². The predicted octanol–water partition coefficient (Wildman–Crippen LogP) is 5.08.